The van der Waals surface area contributed by atoms with Gasteiger partial charge in [-0.15, -0.1) is 0 Å². The summed E-state index contributed by atoms with van der Waals surface area (Å²) in [6, 6.07) is 4.20. The minimum atomic E-state index is -3.64. The van der Waals surface area contributed by atoms with Crippen LogP contribution in [0.3, 0.4) is 0 Å². The number of nitrogens with zero attached hydrogens (tertiary/aromatic N) is 5. The van der Waals surface area contributed by atoms with E-state index in [1.807, 2.05) is 0 Å². The third-order valence-electron chi connectivity index (χ3n) is 7.58. The van der Waals surface area contributed by atoms with Crippen molar-refractivity contribution in [2.75, 3.05) is 37.9 Å². The summed E-state index contributed by atoms with van der Waals surface area (Å²) in [6.45, 7) is 7.22. The molecule has 1 saturated heterocycles. The van der Waals surface area contributed by atoms with Gasteiger partial charge in [0.25, 0.3) is 0 Å². The minimum absolute atomic E-state index is 0.0613. The van der Waals surface area contributed by atoms with Gasteiger partial charge in [0.05, 0.1) is 35.0 Å². The fourth-order valence-electron chi connectivity index (χ4n) is 5.08. The zero-order valence-corrected chi connectivity index (χ0v) is 25.9. The monoisotopic (exact) mass is 603 g/mol. The molecule has 11 nitrogen and oxygen atoms in total. The van der Waals surface area contributed by atoms with Crippen molar-refractivity contribution in [2.45, 2.75) is 68.4 Å². The lowest BCUT2D eigenvalue weighted by Gasteiger charge is -2.37. The molecule has 0 spiro atoms. The normalized spacial score (nSPS) is 19.9. The quantitative estimate of drug-likeness (QED) is 0.333. The molecule has 2 atom stereocenters. The van der Waals surface area contributed by atoms with Crippen LogP contribution in [0.15, 0.2) is 29.6 Å². The number of rotatable bonds is 10. The Balaban J connectivity index is 1.45. The number of likely N-dealkylation sites (N-methyl/N-ethyl adjacent to an activating group) is 1. The summed E-state index contributed by atoms with van der Waals surface area (Å²) in [5.41, 5.74) is 3.38. The van der Waals surface area contributed by atoms with Gasteiger partial charge in [0, 0.05) is 32.8 Å². The SMILES string of the molecule is COC1CN(C)CCC1c1cc(OC2CC2)c(Nc2ncc(Cl)c(Nc3cn(C)nc3S(=O)(=O)C(C)C)n2)cc1C. The van der Waals surface area contributed by atoms with Crippen LogP contribution in [0.4, 0.5) is 23.1 Å². The number of aromatic nitrogens is 4. The Kier molecular flexibility index (Phi) is 8.47. The first-order valence-electron chi connectivity index (χ1n) is 13.8. The van der Waals surface area contributed by atoms with Crippen LogP contribution in [-0.2, 0) is 21.6 Å². The van der Waals surface area contributed by atoms with Crippen LogP contribution < -0.4 is 15.4 Å². The summed E-state index contributed by atoms with van der Waals surface area (Å²) in [4.78, 5) is 11.3. The Labute approximate surface area is 246 Å². The highest BCUT2D eigenvalue weighted by atomic mass is 35.5. The van der Waals surface area contributed by atoms with E-state index in [1.165, 1.54) is 16.4 Å². The van der Waals surface area contributed by atoms with E-state index in [2.05, 4.69) is 56.7 Å². The van der Waals surface area contributed by atoms with Gasteiger partial charge < -0.3 is 25.0 Å². The zero-order valence-electron chi connectivity index (χ0n) is 24.3. The summed E-state index contributed by atoms with van der Waals surface area (Å²) in [5, 5.41) is 10.1. The van der Waals surface area contributed by atoms with Crippen molar-refractivity contribution in [3.8, 4) is 5.75 Å². The maximum atomic E-state index is 12.9. The van der Waals surface area contributed by atoms with E-state index in [-0.39, 0.29) is 45.6 Å². The molecule has 0 radical (unpaired) electrons. The molecule has 2 aromatic heterocycles. The lowest BCUT2D eigenvalue weighted by molar-refractivity contribution is 0.0231. The molecular weight excluding hydrogens is 566 g/mol. The minimum Gasteiger partial charge on any atom is -0.488 e. The number of hydrogen-bond donors (Lipinski definition) is 2. The van der Waals surface area contributed by atoms with Crippen LogP contribution in [0.5, 0.6) is 5.75 Å². The van der Waals surface area contributed by atoms with Gasteiger partial charge >= 0.3 is 0 Å². The van der Waals surface area contributed by atoms with Gasteiger partial charge in [-0.25, -0.2) is 13.4 Å². The van der Waals surface area contributed by atoms with Crippen molar-refractivity contribution in [2.24, 2.45) is 7.05 Å². The fourth-order valence-corrected chi connectivity index (χ4v) is 6.32. The van der Waals surface area contributed by atoms with Gasteiger partial charge in [0.1, 0.15) is 10.8 Å². The molecule has 2 N–H and O–H groups in total. The topological polar surface area (TPSA) is 123 Å². The van der Waals surface area contributed by atoms with Crippen molar-refractivity contribution in [3.63, 3.8) is 0 Å². The fraction of sp³-hybridized carbons (Fsp3) is 0.536. The van der Waals surface area contributed by atoms with E-state index in [4.69, 9.17) is 21.1 Å². The van der Waals surface area contributed by atoms with Crippen molar-refractivity contribution < 1.29 is 17.9 Å². The molecule has 0 amide bonds. The molecule has 2 aliphatic rings. The average Bonchev–Trinajstić information content (AvgIpc) is 3.66. The van der Waals surface area contributed by atoms with Gasteiger partial charge in [-0.2, -0.15) is 10.1 Å². The molecule has 0 bridgehead atoms. The van der Waals surface area contributed by atoms with Crippen molar-refractivity contribution in [1.82, 2.24) is 24.6 Å². The summed E-state index contributed by atoms with van der Waals surface area (Å²) < 4.78 is 39.4. The molecule has 3 aromatic rings. The maximum Gasteiger partial charge on any atom is 0.229 e. The van der Waals surface area contributed by atoms with Crippen LogP contribution in [0.25, 0.3) is 0 Å². The molecule has 13 heteroatoms. The largest absolute Gasteiger partial charge is 0.488 e. The van der Waals surface area contributed by atoms with E-state index in [1.54, 1.807) is 34.2 Å². The van der Waals surface area contributed by atoms with E-state index >= 15 is 0 Å². The predicted octanol–water partition coefficient (Wildman–Crippen LogP) is 4.82. The third kappa shape index (κ3) is 6.45. The molecule has 1 aliphatic heterocycles. The second kappa shape index (κ2) is 11.7. The molecule has 5 rings (SSSR count). The average molecular weight is 604 g/mol. The highest BCUT2D eigenvalue weighted by molar-refractivity contribution is 7.92. The maximum absolute atomic E-state index is 12.9. The first-order valence-corrected chi connectivity index (χ1v) is 15.7. The molecule has 3 heterocycles. The van der Waals surface area contributed by atoms with E-state index in [0.29, 0.717) is 0 Å². The molecule has 2 unspecified atom stereocenters. The Morgan fingerprint density at radius 3 is 2.56 bits per heavy atom. The van der Waals surface area contributed by atoms with Crippen LogP contribution >= 0.6 is 11.6 Å². The van der Waals surface area contributed by atoms with Crippen molar-refractivity contribution in [3.05, 3.63) is 40.7 Å². The lowest BCUT2D eigenvalue weighted by atomic mass is 9.84. The Morgan fingerprint density at radius 1 is 1.12 bits per heavy atom. The van der Waals surface area contributed by atoms with Gasteiger partial charge in [-0.05, 0) is 76.9 Å². The number of anilines is 4. The third-order valence-corrected chi connectivity index (χ3v) is 9.94. The van der Waals surface area contributed by atoms with Crippen LogP contribution in [0.1, 0.15) is 50.2 Å². The van der Waals surface area contributed by atoms with E-state index < -0.39 is 15.1 Å². The number of ether oxygens (including phenoxy) is 2. The number of nitrogens with one attached hydrogen (secondary N) is 2. The number of hydrogen-bond acceptors (Lipinski definition) is 10. The first-order chi connectivity index (χ1) is 19.5. The highest BCUT2D eigenvalue weighted by Gasteiger charge is 2.32. The summed E-state index contributed by atoms with van der Waals surface area (Å²) in [7, 11) is 1.92. The molecule has 222 valence electrons. The molecule has 1 saturated carbocycles. The highest BCUT2D eigenvalue weighted by Crippen LogP contribution is 2.40. The molecule has 1 aliphatic carbocycles. The van der Waals surface area contributed by atoms with E-state index in [9.17, 15) is 8.42 Å². The number of benzene rings is 1. The Bertz CT molecular complexity index is 1520. The Morgan fingerprint density at radius 2 is 1.88 bits per heavy atom. The van der Waals surface area contributed by atoms with Crippen LogP contribution in [-0.4, -0.2) is 77.8 Å². The van der Waals surface area contributed by atoms with E-state index in [0.717, 1.165) is 49.4 Å². The van der Waals surface area contributed by atoms with Gasteiger partial charge in [0.2, 0.25) is 20.8 Å². The number of likely N-dealkylation sites (tertiary alicyclic amines) is 1. The number of piperidine rings is 1. The van der Waals surface area contributed by atoms with Gasteiger partial charge in [-0.1, -0.05) is 11.6 Å². The molecule has 2 fully saturated rings. The zero-order chi connectivity index (χ0) is 29.5. The van der Waals surface area contributed by atoms with Gasteiger partial charge in [0.15, 0.2) is 5.82 Å². The lowest BCUT2D eigenvalue weighted by Crippen LogP contribution is -2.41. The first kappa shape index (κ1) is 29.6. The summed E-state index contributed by atoms with van der Waals surface area (Å²) in [6.07, 6.45) is 6.40. The number of halogens is 1. The predicted molar refractivity (Wildman–Crippen MR) is 160 cm³/mol. The molecule has 1 aromatic carbocycles. The second-order valence-electron chi connectivity index (χ2n) is 11.2. The van der Waals surface area contributed by atoms with Crippen molar-refractivity contribution >= 4 is 44.6 Å². The summed E-state index contributed by atoms with van der Waals surface area (Å²) >= 11 is 6.43. The smallest absolute Gasteiger partial charge is 0.229 e. The molecule has 41 heavy (non-hydrogen) atoms. The van der Waals surface area contributed by atoms with Crippen molar-refractivity contribution in [1.29, 1.82) is 0 Å². The standard InChI is InChI=1S/C28H38ClN7O4S/c1-16(2)41(37,38)27-23(14-36(5)34-27)31-26-21(29)13-30-28(33-26)32-22-11-17(3)20(12-24(22)40-18-7-8-18)19-9-10-35(4)15-25(19)39-6/h11-14,16,18-19,25H,7-10,15H2,1-6H3,(H2,30,31,32,33). The summed E-state index contributed by atoms with van der Waals surface area (Å²) in [5.74, 6) is 1.55. The van der Waals surface area contributed by atoms with Crippen LogP contribution in [0.2, 0.25) is 5.02 Å². The number of sulfone groups is 1. The number of aryl methyl sites for hydroxylation is 2. The molecular formula is C28H38ClN7O4S. The van der Waals surface area contributed by atoms with Gasteiger partial charge in [-0.3, -0.25) is 4.68 Å². The Hall–Kier alpha value is -2.93. The van der Waals surface area contributed by atoms with Crippen LogP contribution in [0, 0.1) is 6.92 Å². The number of methoxy groups -OCH3 is 1. The second-order valence-corrected chi connectivity index (χ2v) is 14.0.